The molecule has 0 radical (unpaired) electrons. The van der Waals surface area contributed by atoms with Gasteiger partial charge in [0.1, 0.15) is 5.82 Å². The minimum absolute atomic E-state index is 0.345. The fourth-order valence-corrected chi connectivity index (χ4v) is 2.74. The smallest absolute Gasteiger partial charge is 0.230 e. The second-order valence-electron chi connectivity index (χ2n) is 4.43. The lowest BCUT2D eigenvalue weighted by molar-refractivity contribution is 0.471. The Kier molecular flexibility index (Phi) is 2.92. The Morgan fingerprint density at radius 3 is 2.62 bits per heavy atom. The van der Waals surface area contributed by atoms with Crippen molar-refractivity contribution < 1.29 is 8.42 Å². The molecule has 16 heavy (non-hydrogen) atoms. The number of anilines is 1. The Morgan fingerprint density at radius 1 is 1.44 bits per heavy atom. The van der Waals surface area contributed by atoms with Crippen LogP contribution in [0.1, 0.15) is 37.4 Å². The quantitative estimate of drug-likeness (QED) is 0.878. The van der Waals surface area contributed by atoms with Crippen molar-refractivity contribution in [2.75, 3.05) is 11.0 Å². The molecule has 6 heteroatoms. The Labute approximate surface area is 95.9 Å². The van der Waals surface area contributed by atoms with Gasteiger partial charge in [0.2, 0.25) is 10.0 Å². The molecule has 0 saturated heterocycles. The molecule has 90 valence electrons. The van der Waals surface area contributed by atoms with Crippen molar-refractivity contribution in [2.24, 2.45) is 0 Å². The molecule has 1 heterocycles. The Balaban J connectivity index is 2.29. The van der Waals surface area contributed by atoms with Gasteiger partial charge >= 0.3 is 0 Å². The molecule has 1 saturated carbocycles. The predicted molar refractivity (Wildman–Crippen MR) is 62.9 cm³/mol. The van der Waals surface area contributed by atoms with Crippen LogP contribution >= 0.6 is 0 Å². The number of rotatable bonds is 3. The van der Waals surface area contributed by atoms with Crippen LogP contribution in [-0.4, -0.2) is 24.5 Å². The highest BCUT2D eigenvalue weighted by Gasteiger charge is 2.21. The molecular weight excluding hydrogens is 226 g/mol. The van der Waals surface area contributed by atoms with Crippen molar-refractivity contribution >= 4 is 15.8 Å². The summed E-state index contributed by atoms with van der Waals surface area (Å²) in [5.41, 5.74) is 0.845. The van der Waals surface area contributed by atoms with Crippen molar-refractivity contribution in [3.63, 3.8) is 0 Å². The van der Waals surface area contributed by atoms with E-state index in [1.807, 2.05) is 11.6 Å². The third-order valence-electron chi connectivity index (χ3n) is 2.82. The van der Waals surface area contributed by atoms with Crippen LogP contribution in [0.25, 0.3) is 0 Å². The first kappa shape index (κ1) is 11.4. The number of nitrogens with zero attached hydrogens (tertiary/aromatic N) is 2. The molecule has 5 nitrogen and oxygen atoms in total. The Bertz CT molecular complexity index is 472. The van der Waals surface area contributed by atoms with Crippen LogP contribution in [0, 0.1) is 6.92 Å². The van der Waals surface area contributed by atoms with Crippen LogP contribution in [-0.2, 0) is 10.0 Å². The second kappa shape index (κ2) is 4.08. The van der Waals surface area contributed by atoms with E-state index >= 15 is 0 Å². The predicted octanol–water partition coefficient (Wildman–Crippen LogP) is 1.68. The summed E-state index contributed by atoms with van der Waals surface area (Å²) in [5, 5.41) is 4.37. The largest absolute Gasteiger partial charge is 0.268 e. The maximum atomic E-state index is 11.2. The minimum Gasteiger partial charge on any atom is -0.268 e. The number of hydrogen-bond acceptors (Lipinski definition) is 3. The third-order valence-corrected chi connectivity index (χ3v) is 3.40. The number of hydrogen-bond donors (Lipinski definition) is 1. The van der Waals surface area contributed by atoms with Gasteiger partial charge in [-0.1, -0.05) is 12.8 Å². The van der Waals surface area contributed by atoms with Crippen LogP contribution in [0.15, 0.2) is 6.07 Å². The molecule has 0 bridgehead atoms. The Morgan fingerprint density at radius 2 is 2.06 bits per heavy atom. The van der Waals surface area contributed by atoms with Gasteiger partial charge in [0.05, 0.1) is 18.0 Å². The molecule has 1 aliphatic rings. The van der Waals surface area contributed by atoms with E-state index in [4.69, 9.17) is 0 Å². The summed E-state index contributed by atoms with van der Waals surface area (Å²) in [4.78, 5) is 0. The van der Waals surface area contributed by atoms with Crippen molar-refractivity contribution in [1.82, 2.24) is 9.78 Å². The van der Waals surface area contributed by atoms with Gasteiger partial charge in [-0.05, 0) is 19.8 Å². The second-order valence-corrected chi connectivity index (χ2v) is 6.18. The van der Waals surface area contributed by atoms with Gasteiger partial charge in [0, 0.05) is 6.07 Å². The highest BCUT2D eigenvalue weighted by Crippen LogP contribution is 2.31. The molecule has 0 amide bonds. The molecule has 1 N–H and O–H groups in total. The SMILES string of the molecule is Cc1cc(NS(C)(=O)=O)n(C2CCCC2)n1. The summed E-state index contributed by atoms with van der Waals surface area (Å²) in [6.45, 7) is 1.87. The Hall–Kier alpha value is -1.04. The van der Waals surface area contributed by atoms with E-state index in [1.54, 1.807) is 6.07 Å². The van der Waals surface area contributed by atoms with E-state index in [0.29, 0.717) is 11.9 Å². The van der Waals surface area contributed by atoms with Crippen LogP contribution in [0.5, 0.6) is 0 Å². The van der Waals surface area contributed by atoms with E-state index in [-0.39, 0.29) is 0 Å². The first-order chi connectivity index (χ1) is 7.46. The van der Waals surface area contributed by atoms with Gasteiger partial charge in [-0.15, -0.1) is 0 Å². The normalized spacial score (nSPS) is 17.9. The molecule has 1 fully saturated rings. The van der Waals surface area contributed by atoms with Gasteiger partial charge in [0.25, 0.3) is 0 Å². The number of sulfonamides is 1. The van der Waals surface area contributed by atoms with Gasteiger partial charge in [-0.25, -0.2) is 13.1 Å². The van der Waals surface area contributed by atoms with Crippen LogP contribution in [0.4, 0.5) is 5.82 Å². The third kappa shape index (κ3) is 2.55. The van der Waals surface area contributed by atoms with E-state index in [0.717, 1.165) is 24.8 Å². The lowest BCUT2D eigenvalue weighted by Gasteiger charge is -2.14. The van der Waals surface area contributed by atoms with Crippen molar-refractivity contribution in [1.29, 1.82) is 0 Å². The summed E-state index contributed by atoms with van der Waals surface area (Å²) in [5.74, 6) is 0.590. The maximum Gasteiger partial charge on any atom is 0.230 e. The highest BCUT2D eigenvalue weighted by atomic mass is 32.2. The number of aryl methyl sites for hydroxylation is 1. The van der Waals surface area contributed by atoms with Crippen molar-refractivity contribution in [3.05, 3.63) is 11.8 Å². The molecule has 0 atom stereocenters. The summed E-state index contributed by atoms with van der Waals surface area (Å²) >= 11 is 0. The molecule has 2 rings (SSSR count). The number of nitrogens with one attached hydrogen (secondary N) is 1. The zero-order valence-electron chi connectivity index (χ0n) is 9.60. The molecular formula is C10H17N3O2S. The molecule has 1 aromatic rings. The van der Waals surface area contributed by atoms with Gasteiger partial charge in [-0.2, -0.15) is 5.10 Å². The molecule has 1 aromatic heterocycles. The average molecular weight is 243 g/mol. The standard InChI is InChI=1S/C10H17N3O2S/c1-8-7-10(12-16(2,14)15)13(11-8)9-5-3-4-6-9/h7,9,12H,3-6H2,1-2H3. The van der Waals surface area contributed by atoms with Crippen molar-refractivity contribution in [2.45, 2.75) is 38.6 Å². The summed E-state index contributed by atoms with van der Waals surface area (Å²) < 4.78 is 26.8. The van der Waals surface area contributed by atoms with Gasteiger partial charge < -0.3 is 0 Å². The van der Waals surface area contributed by atoms with Gasteiger partial charge in [0.15, 0.2) is 0 Å². The molecule has 0 aliphatic heterocycles. The first-order valence-electron chi connectivity index (χ1n) is 5.49. The zero-order valence-corrected chi connectivity index (χ0v) is 10.4. The number of aromatic nitrogens is 2. The average Bonchev–Trinajstić information content (AvgIpc) is 2.71. The summed E-state index contributed by atoms with van der Waals surface area (Å²) in [6, 6.07) is 2.12. The first-order valence-corrected chi connectivity index (χ1v) is 7.39. The van der Waals surface area contributed by atoms with Gasteiger partial charge in [-0.3, -0.25) is 4.72 Å². The highest BCUT2D eigenvalue weighted by molar-refractivity contribution is 7.92. The summed E-state index contributed by atoms with van der Waals surface area (Å²) in [7, 11) is -3.23. The fraction of sp³-hybridized carbons (Fsp3) is 0.700. The fourth-order valence-electron chi connectivity index (χ4n) is 2.21. The molecule has 1 aliphatic carbocycles. The lowest BCUT2D eigenvalue weighted by Crippen LogP contribution is -2.16. The monoisotopic (exact) mass is 243 g/mol. The summed E-state index contributed by atoms with van der Waals surface area (Å²) in [6.07, 6.45) is 5.72. The molecule has 0 spiro atoms. The van der Waals surface area contributed by atoms with E-state index < -0.39 is 10.0 Å². The van der Waals surface area contributed by atoms with Crippen LogP contribution < -0.4 is 4.72 Å². The van der Waals surface area contributed by atoms with Crippen LogP contribution in [0.2, 0.25) is 0 Å². The van der Waals surface area contributed by atoms with E-state index in [1.165, 1.54) is 12.8 Å². The molecule has 0 unspecified atom stereocenters. The van der Waals surface area contributed by atoms with E-state index in [9.17, 15) is 8.42 Å². The maximum absolute atomic E-state index is 11.2. The zero-order chi connectivity index (χ0) is 11.8. The van der Waals surface area contributed by atoms with Crippen LogP contribution in [0.3, 0.4) is 0 Å². The van der Waals surface area contributed by atoms with E-state index in [2.05, 4.69) is 9.82 Å². The minimum atomic E-state index is -3.23. The topological polar surface area (TPSA) is 64.0 Å². The van der Waals surface area contributed by atoms with Crippen molar-refractivity contribution in [3.8, 4) is 0 Å². The molecule has 0 aromatic carbocycles. The lowest BCUT2D eigenvalue weighted by atomic mass is 10.2.